The van der Waals surface area contributed by atoms with Crippen molar-refractivity contribution in [2.75, 3.05) is 26.3 Å². The SMILES string of the molecule is CCNCC(OC(C)COCC)c1ccccc1. The molecular weight excluding hydrogens is 226 g/mol. The third-order valence-corrected chi connectivity index (χ3v) is 2.70. The maximum Gasteiger partial charge on any atom is 0.0954 e. The molecule has 0 aliphatic carbocycles. The molecule has 0 spiro atoms. The number of nitrogens with one attached hydrogen (secondary N) is 1. The molecule has 0 saturated carbocycles. The van der Waals surface area contributed by atoms with Crippen molar-refractivity contribution < 1.29 is 9.47 Å². The first-order valence-electron chi connectivity index (χ1n) is 6.76. The predicted octanol–water partition coefficient (Wildman–Crippen LogP) is 2.78. The van der Waals surface area contributed by atoms with Crippen LogP contribution in [0.15, 0.2) is 30.3 Å². The average Bonchev–Trinajstić information content (AvgIpc) is 2.42. The molecule has 0 radical (unpaired) electrons. The van der Waals surface area contributed by atoms with Gasteiger partial charge in [-0.1, -0.05) is 37.3 Å². The Morgan fingerprint density at radius 3 is 2.50 bits per heavy atom. The van der Waals surface area contributed by atoms with Crippen LogP contribution in [0.2, 0.25) is 0 Å². The van der Waals surface area contributed by atoms with Gasteiger partial charge in [0.25, 0.3) is 0 Å². The summed E-state index contributed by atoms with van der Waals surface area (Å²) in [6.07, 6.45) is 0.190. The predicted molar refractivity (Wildman–Crippen MR) is 74.8 cm³/mol. The molecule has 0 fully saturated rings. The van der Waals surface area contributed by atoms with Gasteiger partial charge in [-0.15, -0.1) is 0 Å². The number of likely N-dealkylation sites (N-methyl/N-ethyl adjacent to an activating group) is 1. The van der Waals surface area contributed by atoms with Gasteiger partial charge in [-0.05, 0) is 26.0 Å². The molecule has 1 aromatic rings. The summed E-state index contributed by atoms with van der Waals surface area (Å²) in [5.74, 6) is 0. The van der Waals surface area contributed by atoms with E-state index >= 15 is 0 Å². The molecule has 2 unspecified atom stereocenters. The lowest BCUT2D eigenvalue weighted by Crippen LogP contribution is -2.27. The standard InChI is InChI=1S/C15H25NO2/c1-4-16-11-15(14-9-7-6-8-10-14)18-13(3)12-17-5-2/h6-10,13,15-16H,4-5,11-12H2,1-3H3. The maximum absolute atomic E-state index is 6.05. The van der Waals surface area contributed by atoms with Crippen molar-refractivity contribution in [3.63, 3.8) is 0 Å². The molecule has 0 aliphatic heterocycles. The highest BCUT2D eigenvalue weighted by Crippen LogP contribution is 2.18. The number of hydrogen-bond donors (Lipinski definition) is 1. The van der Waals surface area contributed by atoms with E-state index in [1.165, 1.54) is 5.56 Å². The fraction of sp³-hybridized carbons (Fsp3) is 0.600. The van der Waals surface area contributed by atoms with E-state index < -0.39 is 0 Å². The lowest BCUT2D eigenvalue weighted by molar-refractivity contribution is -0.0468. The largest absolute Gasteiger partial charge is 0.379 e. The van der Waals surface area contributed by atoms with Gasteiger partial charge in [0.2, 0.25) is 0 Å². The summed E-state index contributed by atoms with van der Waals surface area (Å²) in [7, 11) is 0. The van der Waals surface area contributed by atoms with Crippen molar-refractivity contribution in [2.45, 2.75) is 33.0 Å². The first-order chi connectivity index (χ1) is 8.77. The van der Waals surface area contributed by atoms with Gasteiger partial charge >= 0.3 is 0 Å². The molecule has 1 N–H and O–H groups in total. The van der Waals surface area contributed by atoms with E-state index in [0.29, 0.717) is 6.61 Å². The Bertz CT molecular complexity index is 303. The van der Waals surface area contributed by atoms with Gasteiger partial charge in [0.1, 0.15) is 0 Å². The Balaban J connectivity index is 2.55. The molecule has 1 rings (SSSR count). The third kappa shape index (κ3) is 5.63. The van der Waals surface area contributed by atoms with Gasteiger partial charge in [-0.25, -0.2) is 0 Å². The third-order valence-electron chi connectivity index (χ3n) is 2.70. The highest BCUT2D eigenvalue weighted by molar-refractivity contribution is 5.18. The first kappa shape index (κ1) is 15.2. The van der Waals surface area contributed by atoms with Crippen molar-refractivity contribution in [3.05, 3.63) is 35.9 Å². The van der Waals surface area contributed by atoms with Crippen LogP contribution >= 0.6 is 0 Å². The Labute approximate surface area is 110 Å². The Hall–Kier alpha value is -0.900. The average molecular weight is 251 g/mol. The molecule has 1 aromatic carbocycles. The summed E-state index contributed by atoms with van der Waals surface area (Å²) in [5.41, 5.74) is 1.21. The van der Waals surface area contributed by atoms with Crippen LogP contribution in [-0.4, -0.2) is 32.4 Å². The summed E-state index contributed by atoms with van der Waals surface area (Å²) in [5, 5.41) is 3.34. The van der Waals surface area contributed by atoms with Crippen LogP contribution in [0.4, 0.5) is 0 Å². The summed E-state index contributed by atoms with van der Waals surface area (Å²) < 4.78 is 11.4. The number of ether oxygens (including phenoxy) is 2. The zero-order chi connectivity index (χ0) is 13.2. The molecule has 0 aromatic heterocycles. The highest BCUT2D eigenvalue weighted by atomic mass is 16.5. The van der Waals surface area contributed by atoms with Crippen molar-refractivity contribution in [2.24, 2.45) is 0 Å². The van der Waals surface area contributed by atoms with Crippen LogP contribution in [0.25, 0.3) is 0 Å². The summed E-state index contributed by atoms with van der Waals surface area (Å²) in [6.45, 7) is 9.32. The molecule has 3 nitrogen and oxygen atoms in total. The smallest absolute Gasteiger partial charge is 0.0954 e. The highest BCUT2D eigenvalue weighted by Gasteiger charge is 2.15. The Morgan fingerprint density at radius 2 is 1.89 bits per heavy atom. The minimum absolute atomic E-state index is 0.0848. The van der Waals surface area contributed by atoms with Gasteiger partial charge in [0.05, 0.1) is 18.8 Å². The molecular formula is C15H25NO2. The Morgan fingerprint density at radius 1 is 1.17 bits per heavy atom. The van der Waals surface area contributed by atoms with E-state index in [2.05, 4.69) is 31.3 Å². The molecule has 0 bridgehead atoms. The van der Waals surface area contributed by atoms with E-state index in [1.54, 1.807) is 0 Å². The zero-order valence-electron chi connectivity index (χ0n) is 11.7. The second-order valence-electron chi connectivity index (χ2n) is 4.31. The molecule has 2 atom stereocenters. The summed E-state index contributed by atoms with van der Waals surface area (Å²) >= 11 is 0. The monoisotopic (exact) mass is 251 g/mol. The van der Waals surface area contributed by atoms with Gasteiger partial charge in [0.15, 0.2) is 0 Å². The normalized spacial score (nSPS) is 14.4. The topological polar surface area (TPSA) is 30.5 Å². The molecule has 0 saturated heterocycles. The lowest BCUT2D eigenvalue weighted by atomic mass is 10.1. The van der Waals surface area contributed by atoms with Crippen LogP contribution in [-0.2, 0) is 9.47 Å². The van der Waals surface area contributed by atoms with E-state index in [-0.39, 0.29) is 12.2 Å². The number of rotatable bonds is 9. The summed E-state index contributed by atoms with van der Waals surface area (Å²) in [6, 6.07) is 10.3. The molecule has 3 heteroatoms. The molecule has 0 aliphatic rings. The quantitative estimate of drug-likeness (QED) is 0.732. The zero-order valence-corrected chi connectivity index (χ0v) is 11.7. The van der Waals surface area contributed by atoms with E-state index in [9.17, 15) is 0 Å². The Kier molecular flexibility index (Phi) is 7.65. The van der Waals surface area contributed by atoms with Crippen LogP contribution in [0.1, 0.15) is 32.4 Å². The fourth-order valence-electron chi connectivity index (χ4n) is 1.79. The second kappa shape index (κ2) is 9.09. The van der Waals surface area contributed by atoms with Crippen LogP contribution in [0, 0.1) is 0 Å². The van der Waals surface area contributed by atoms with Crippen LogP contribution < -0.4 is 5.32 Å². The minimum Gasteiger partial charge on any atom is -0.379 e. The molecule has 102 valence electrons. The van der Waals surface area contributed by atoms with Crippen molar-refractivity contribution >= 4 is 0 Å². The van der Waals surface area contributed by atoms with Crippen LogP contribution in [0.5, 0.6) is 0 Å². The number of hydrogen-bond acceptors (Lipinski definition) is 3. The van der Waals surface area contributed by atoms with Crippen molar-refractivity contribution in [1.29, 1.82) is 0 Å². The first-order valence-corrected chi connectivity index (χ1v) is 6.76. The van der Waals surface area contributed by atoms with Gasteiger partial charge in [0, 0.05) is 13.2 Å². The number of benzene rings is 1. The van der Waals surface area contributed by atoms with Crippen molar-refractivity contribution in [1.82, 2.24) is 5.32 Å². The van der Waals surface area contributed by atoms with E-state index in [0.717, 1.165) is 19.7 Å². The summed E-state index contributed by atoms with van der Waals surface area (Å²) in [4.78, 5) is 0. The van der Waals surface area contributed by atoms with Gasteiger partial charge in [-0.2, -0.15) is 0 Å². The van der Waals surface area contributed by atoms with Gasteiger partial charge < -0.3 is 14.8 Å². The minimum atomic E-state index is 0.0848. The van der Waals surface area contributed by atoms with E-state index in [1.807, 2.05) is 25.1 Å². The molecule has 0 amide bonds. The second-order valence-corrected chi connectivity index (χ2v) is 4.31. The lowest BCUT2D eigenvalue weighted by Gasteiger charge is -2.23. The van der Waals surface area contributed by atoms with Crippen LogP contribution in [0.3, 0.4) is 0 Å². The van der Waals surface area contributed by atoms with E-state index in [4.69, 9.17) is 9.47 Å². The van der Waals surface area contributed by atoms with Gasteiger partial charge in [-0.3, -0.25) is 0 Å². The maximum atomic E-state index is 6.05. The molecule has 0 heterocycles. The fourth-order valence-corrected chi connectivity index (χ4v) is 1.79. The molecule has 18 heavy (non-hydrogen) atoms. The van der Waals surface area contributed by atoms with Crippen molar-refractivity contribution in [3.8, 4) is 0 Å².